The Labute approximate surface area is 401 Å². The van der Waals surface area contributed by atoms with Gasteiger partial charge >= 0.3 is 17.9 Å². The van der Waals surface area contributed by atoms with Gasteiger partial charge in [-0.2, -0.15) is 0 Å². The molecule has 0 heterocycles. The van der Waals surface area contributed by atoms with E-state index in [2.05, 4.69) is 20.8 Å². The molecular formula is C57H110O6. The monoisotopic (exact) mass is 897 g/mol. The highest BCUT2D eigenvalue weighted by Crippen LogP contribution is 2.17. The van der Waals surface area contributed by atoms with Crippen LogP contribution in [0.5, 0.6) is 0 Å². The number of hydrogen-bond acceptors (Lipinski definition) is 6. The molecule has 0 saturated heterocycles. The molecule has 0 fully saturated rings. The number of rotatable bonds is 53. The summed E-state index contributed by atoms with van der Waals surface area (Å²) in [4.78, 5) is 39.2. The van der Waals surface area contributed by atoms with Crippen LogP contribution < -0.4 is 0 Å². The molecule has 0 rings (SSSR count). The van der Waals surface area contributed by atoms with Crippen molar-refractivity contribution in [2.24, 2.45) is 0 Å². The quantitative estimate of drug-likeness (QED) is 0.0344. The molecule has 0 unspecified atom stereocenters. The maximum Gasteiger partial charge on any atom is 0.306 e. The van der Waals surface area contributed by atoms with E-state index < -0.39 is 56.3 Å². The fourth-order valence-corrected chi connectivity index (χ4v) is 8.28. The Morgan fingerprint density at radius 2 is 0.460 bits per heavy atom. The first-order chi connectivity index (χ1) is 33.2. The number of unbranched alkanes of at least 4 members (excludes halogenated alkanes) is 39. The lowest BCUT2D eigenvalue weighted by Crippen LogP contribution is -2.30. The molecule has 63 heavy (non-hydrogen) atoms. The first kappa shape index (κ1) is 50.8. The molecule has 0 aromatic carbocycles. The largest absolute Gasteiger partial charge is 0.462 e. The van der Waals surface area contributed by atoms with Crippen molar-refractivity contribution in [1.82, 2.24) is 0 Å². The summed E-state index contributed by atoms with van der Waals surface area (Å²) in [5.41, 5.74) is 0. The van der Waals surface area contributed by atoms with Crippen LogP contribution >= 0.6 is 0 Å². The fraction of sp³-hybridized carbons (Fsp3) is 0.947. The number of carbonyl (C=O) groups is 3. The number of carbonyl (C=O) groups excluding carboxylic acids is 3. The van der Waals surface area contributed by atoms with Crippen LogP contribution in [0.25, 0.3) is 0 Å². The normalized spacial score (nSPS) is 13.5. The highest BCUT2D eigenvalue weighted by atomic mass is 16.6. The molecule has 0 radical (unpaired) electrons. The molecular weight excluding hydrogens is 781 g/mol. The molecule has 0 aliphatic heterocycles. The third kappa shape index (κ3) is 51.3. The summed E-state index contributed by atoms with van der Waals surface area (Å²) in [7, 11) is 0. The van der Waals surface area contributed by atoms with Gasteiger partial charge in [-0.05, 0) is 19.3 Å². The van der Waals surface area contributed by atoms with Gasteiger partial charge in [0, 0.05) is 27.3 Å². The number of esters is 3. The summed E-state index contributed by atoms with van der Waals surface area (Å²) < 4.78 is 66.6. The van der Waals surface area contributed by atoms with Crippen molar-refractivity contribution in [3.8, 4) is 0 Å². The molecule has 0 aliphatic rings. The lowest BCUT2D eigenvalue weighted by Gasteiger charge is -2.18. The molecule has 0 N–H and O–H groups in total. The highest BCUT2D eigenvalue weighted by Gasteiger charge is 2.19. The minimum atomic E-state index is -2.34. The van der Waals surface area contributed by atoms with Crippen LogP contribution in [0.2, 0.25) is 0 Å². The van der Waals surface area contributed by atoms with Gasteiger partial charge in [0.25, 0.3) is 0 Å². The van der Waals surface area contributed by atoms with Crippen molar-refractivity contribution >= 4 is 17.9 Å². The van der Waals surface area contributed by atoms with Gasteiger partial charge < -0.3 is 14.2 Å². The first-order valence-electron chi connectivity index (χ1n) is 30.8. The smallest absolute Gasteiger partial charge is 0.306 e. The zero-order chi connectivity index (χ0) is 51.2. The van der Waals surface area contributed by atoms with Crippen LogP contribution in [0, 0.1) is 0 Å². The summed E-state index contributed by atoms with van der Waals surface area (Å²) in [6.07, 6.45) is 40.2. The second-order valence-electron chi connectivity index (χ2n) is 18.8. The van der Waals surface area contributed by atoms with Crippen LogP contribution in [0.3, 0.4) is 0 Å². The molecule has 0 spiro atoms. The van der Waals surface area contributed by atoms with Crippen molar-refractivity contribution in [3.05, 3.63) is 0 Å². The zero-order valence-corrected chi connectivity index (χ0v) is 42.3. The second kappa shape index (κ2) is 53.0. The first-order valence-corrected chi connectivity index (χ1v) is 27.8. The van der Waals surface area contributed by atoms with Crippen LogP contribution in [0.15, 0.2) is 0 Å². The fourth-order valence-electron chi connectivity index (χ4n) is 8.28. The molecule has 0 aromatic rings. The van der Waals surface area contributed by atoms with Crippen LogP contribution in [0.4, 0.5) is 0 Å². The molecule has 0 bridgehead atoms. The van der Waals surface area contributed by atoms with Gasteiger partial charge in [-0.1, -0.05) is 290 Å². The van der Waals surface area contributed by atoms with E-state index in [9.17, 15) is 14.4 Å². The molecule has 0 aliphatic carbocycles. The van der Waals surface area contributed by atoms with E-state index in [4.69, 9.17) is 22.4 Å². The molecule has 0 amide bonds. The Hall–Kier alpha value is -1.59. The molecule has 0 saturated carbocycles. The van der Waals surface area contributed by atoms with Crippen molar-refractivity contribution < 1.29 is 36.8 Å². The van der Waals surface area contributed by atoms with E-state index in [1.54, 1.807) is 0 Å². The minimum absolute atomic E-state index is 0.0233. The average molecular weight is 898 g/mol. The molecule has 6 nitrogen and oxygen atoms in total. The lowest BCUT2D eigenvalue weighted by atomic mass is 10.0. The van der Waals surface area contributed by atoms with E-state index in [1.165, 1.54) is 173 Å². The summed E-state index contributed by atoms with van der Waals surface area (Å²) in [5, 5.41) is 0. The van der Waals surface area contributed by atoms with Crippen molar-refractivity contribution in [2.75, 3.05) is 13.2 Å². The van der Waals surface area contributed by atoms with Crippen LogP contribution in [-0.4, -0.2) is 37.2 Å². The van der Waals surface area contributed by atoms with Crippen LogP contribution in [0.1, 0.15) is 337 Å². The predicted molar refractivity (Wildman–Crippen MR) is 270 cm³/mol. The van der Waals surface area contributed by atoms with E-state index in [0.29, 0.717) is 19.3 Å². The topological polar surface area (TPSA) is 78.9 Å². The van der Waals surface area contributed by atoms with Crippen LogP contribution in [-0.2, 0) is 28.6 Å². The van der Waals surface area contributed by atoms with Gasteiger partial charge in [0.05, 0.1) is 0 Å². The number of hydrogen-bond donors (Lipinski definition) is 0. The highest BCUT2D eigenvalue weighted by molar-refractivity contribution is 5.71. The summed E-state index contributed by atoms with van der Waals surface area (Å²) in [6.45, 7) is 5.43. The summed E-state index contributed by atoms with van der Waals surface area (Å²) in [5.74, 6) is -3.42. The standard InChI is InChI=1S/C57H110O6/c1-4-7-10-13-16-19-22-25-28-31-34-37-40-43-46-49-55(58)61-52-54(63-57(60)51-48-45-42-39-36-33-30-27-24-21-18-15-12-9-6-3)53-62-56(59)50-47-44-41-38-35-32-29-26-23-20-17-14-11-8-5-2/h54H,4-53H2,1-3H3/i49D2,50D2,51D2. The van der Waals surface area contributed by atoms with E-state index in [0.717, 1.165) is 77.0 Å². The average Bonchev–Trinajstić information content (AvgIpc) is 3.32. The molecule has 0 atom stereocenters. The van der Waals surface area contributed by atoms with Crippen molar-refractivity contribution in [1.29, 1.82) is 0 Å². The van der Waals surface area contributed by atoms with Gasteiger partial charge in [-0.15, -0.1) is 0 Å². The van der Waals surface area contributed by atoms with Crippen molar-refractivity contribution in [3.63, 3.8) is 0 Å². The van der Waals surface area contributed by atoms with Gasteiger partial charge in [-0.3, -0.25) is 14.4 Å². The lowest BCUT2D eigenvalue weighted by molar-refractivity contribution is -0.167. The maximum absolute atomic E-state index is 13.2. The maximum atomic E-state index is 13.2. The molecule has 374 valence electrons. The Morgan fingerprint density at radius 3 is 0.667 bits per heavy atom. The van der Waals surface area contributed by atoms with E-state index in [1.807, 2.05) is 0 Å². The minimum Gasteiger partial charge on any atom is -0.462 e. The SMILES string of the molecule is [2H]C([2H])(CCCCCCCCCCCCCCCC)C(=O)OCC(COC(=O)C([2H])([2H])CCCCCCCCCCCCCCCC)OC(=O)C([2H])([2H])CCCCCCCCCCCCCCCC. The summed E-state index contributed by atoms with van der Waals surface area (Å²) >= 11 is 0. The third-order valence-corrected chi connectivity index (χ3v) is 12.5. The molecule has 6 heteroatoms. The number of ether oxygens (including phenoxy) is 3. The predicted octanol–water partition coefficient (Wildman–Crippen LogP) is 18.8. The van der Waals surface area contributed by atoms with Gasteiger partial charge in [0.15, 0.2) is 6.10 Å². The van der Waals surface area contributed by atoms with Crippen molar-refractivity contribution in [2.45, 2.75) is 335 Å². The molecule has 0 aromatic heterocycles. The van der Waals surface area contributed by atoms with Gasteiger partial charge in [0.1, 0.15) is 13.2 Å². The van der Waals surface area contributed by atoms with E-state index >= 15 is 0 Å². The van der Waals surface area contributed by atoms with Gasteiger partial charge in [-0.25, -0.2) is 0 Å². The Bertz CT molecular complexity index is 1130. The third-order valence-electron chi connectivity index (χ3n) is 12.5. The zero-order valence-electron chi connectivity index (χ0n) is 48.3. The summed E-state index contributed by atoms with van der Waals surface area (Å²) in [6, 6.07) is 0. The Morgan fingerprint density at radius 1 is 0.286 bits per heavy atom. The van der Waals surface area contributed by atoms with Gasteiger partial charge in [0.2, 0.25) is 0 Å². The Balaban J connectivity index is 4.94. The van der Waals surface area contributed by atoms with E-state index in [-0.39, 0.29) is 19.3 Å². The Kier molecular flexibility index (Phi) is 42.8. The second-order valence-corrected chi connectivity index (χ2v) is 18.8.